The van der Waals surface area contributed by atoms with Gasteiger partial charge in [0.05, 0.1) is 13.7 Å². The van der Waals surface area contributed by atoms with Crippen LogP contribution in [0.5, 0.6) is 5.75 Å². The van der Waals surface area contributed by atoms with Crippen molar-refractivity contribution in [1.29, 1.82) is 0 Å². The Bertz CT molecular complexity index is 757. The van der Waals surface area contributed by atoms with Crippen LogP contribution in [-0.2, 0) is 17.8 Å². The largest absolute Gasteiger partial charge is 0.496 e. The Kier molecular flexibility index (Phi) is 8.16. The van der Waals surface area contributed by atoms with Crippen molar-refractivity contribution in [2.45, 2.75) is 26.8 Å². The molecule has 0 saturated carbocycles. The number of methoxy groups -OCH3 is 1. The number of hydrogen-bond donors (Lipinski definition) is 3. The summed E-state index contributed by atoms with van der Waals surface area (Å²) < 4.78 is 5.37. The first-order chi connectivity index (χ1) is 13.1. The molecule has 0 atom stereocenters. The van der Waals surface area contributed by atoms with Crippen LogP contribution in [0.15, 0.2) is 53.5 Å². The third-order valence-corrected chi connectivity index (χ3v) is 3.92. The lowest BCUT2D eigenvalue weighted by atomic mass is 10.1. The molecule has 2 aromatic carbocycles. The standard InChI is InChI=1S/C21H28N4O2/c1-4-22-21(24-15-18-7-5-6-8-20(18)27-3)23-14-13-17-9-11-19(12-10-17)25-16(2)26/h5-12H,4,13-15H2,1-3H3,(H,25,26)(H2,22,23,24). The molecular weight excluding hydrogens is 340 g/mol. The quantitative estimate of drug-likeness (QED) is 0.495. The van der Waals surface area contributed by atoms with Crippen molar-refractivity contribution in [2.75, 3.05) is 25.5 Å². The summed E-state index contributed by atoms with van der Waals surface area (Å²) in [5, 5.41) is 9.38. The third kappa shape index (κ3) is 7.01. The molecule has 1 amide bonds. The van der Waals surface area contributed by atoms with Crippen LogP contribution >= 0.6 is 0 Å². The molecule has 0 aliphatic carbocycles. The van der Waals surface area contributed by atoms with E-state index in [9.17, 15) is 4.79 Å². The normalized spacial score (nSPS) is 11.0. The second kappa shape index (κ2) is 10.9. The number of benzene rings is 2. The monoisotopic (exact) mass is 368 g/mol. The molecule has 0 spiro atoms. The van der Waals surface area contributed by atoms with Gasteiger partial charge in [0.1, 0.15) is 5.75 Å². The Morgan fingerprint density at radius 2 is 1.81 bits per heavy atom. The number of anilines is 1. The average molecular weight is 368 g/mol. The summed E-state index contributed by atoms with van der Waals surface area (Å²) in [5.74, 6) is 1.56. The highest BCUT2D eigenvalue weighted by Gasteiger charge is 2.03. The fourth-order valence-corrected chi connectivity index (χ4v) is 2.62. The zero-order valence-electron chi connectivity index (χ0n) is 16.2. The molecule has 144 valence electrons. The lowest BCUT2D eigenvalue weighted by Crippen LogP contribution is -2.38. The van der Waals surface area contributed by atoms with Crippen molar-refractivity contribution in [1.82, 2.24) is 10.6 Å². The second-order valence-corrected chi connectivity index (χ2v) is 6.06. The molecule has 2 rings (SSSR count). The minimum absolute atomic E-state index is 0.0639. The number of carbonyl (C=O) groups is 1. The molecule has 0 bridgehead atoms. The van der Waals surface area contributed by atoms with E-state index in [1.165, 1.54) is 12.5 Å². The maximum Gasteiger partial charge on any atom is 0.221 e. The van der Waals surface area contributed by atoms with Crippen molar-refractivity contribution in [3.05, 3.63) is 59.7 Å². The number of ether oxygens (including phenoxy) is 1. The van der Waals surface area contributed by atoms with Crippen LogP contribution in [-0.4, -0.2) is 32.1 Å². The highest BCUT2D eigenvalue weighted by atomic mass is 16.5. The van der Waals surface area contributed by atoms with Gasteiger partial charge in [-0.1, -0.05) is 30.3 Å². The molecule has 0 radical (unpaired) electrons. The van der Waals surface area contributed by atoms with Crippen LogP contribution in [0, 0.1) is 0 Å². The Hall–Kier alpha value is -3.02. The molecule has 3 N–H and O–H groups in total. The van der Waals surface area contributed by atoms with Crippen molar-refractivity contribution in [3.8, 4) is 5.75 Å². The molecule has 0 aromatic heterocycles. The van der Waals surface area contributed by atoms with Crippen molar-refractivity contribution < 1.29 is 9.53 Å². The molecule has 6 nitrogen and oxygen atoms in total. The molecule has 0 fully saturated rings. The van der Waals surface area contributed by atoms with E-state index in [0.717, 1.165) is 42.5 Å². The molecule has 6 heteroatoms. The number of para-hydroxylation sites is 1. The smallest absolute Gasteiger partial charge is 0.221 e. The van der Waals surface area contributed by atoms with Gasteiger partial charge in [-0.05, 0) is 37.1 Å². The maximum absolute atomic E-state index is 11.1. The van der Waals surface area contributed by atoms with E-state index in [-0.39, 0.29) is 5.91 Å². The minimum atomic E-state index is -0.0639. The van der Waals surface area contributed by atoms with Gasteiger partial charge in [0.25, 0.3) is 0 Å². The maximum atomic E-state index is 11.1. The van der Waals surface area contributed by atoms with Gasteiger partial charge < -0.3 is 20.7 Å². The lowest BCUT2D eigenvalue weighted by Gasteiger charge is -2.12. The number of nitrogens with one attached hydrogen (secondary N) is 3. The summed E-state index contributed by atoms with van der Waals surface area (Å²) in [6.45, 7) is 5.65. The predicted octanol–water partition coefficient (Wildman–Crippen LogP) is 2.95. The summed E-state index contributed by atoms with van der Waals surface area (Å²) in [4.78, 5) is 15.7. The van der Waals surface area contributed by atoms with E-state index in [2.05, 4.69) is 20.9 Å². The van der Waals surface area contributed by atoms with Crippen molar-refractivity contribution in [3.63, 3.8) is 0 Å². The van der Waals surface area contributed by atoms with Crippen LogP contribution in [0.1, 0.15) is 25.0 Å². The highest BCUT2D eigenvalue weighted by Crippen LogP contribution is 2.17. The number of carbonyl (C=O) groups excluding carboxylic acids is 1. The third-order valence-electron chi connectivity index (χ3n) is 3.92. The average Bonchev–Trinajstić information content (AvgIpc) is 2.67. The van der Waals surface area contributed by atoms with Gasteiger partial charge in [-0.3, -0.25) is 4.79 Å². The molecular formula is C21H28N4O2. The molecule has 0 unspecified atom stereocenters. The lowest BCUT2D eigenvalue weighted by molar-refractivity contribution is -0.114. The number of amides is 1. The summed E-state index contributed by atoms with van der Waals surface area (Å²) in [5.41, 5.74) is 3.05. The predicted molar refractivity (Wildman–Crippen MR) is 110 cm³/mol. The van der Waals surface area contributed by atoms with E-state index in [4.69, 9.17) is 4.74 Å². The van der Waals surface area contributed by atoms with Gasteiger partial charge in [-0.25, -0.2) is 4.99 Å². The van der Waals surface area contributed by atoms with Gasteiger partial charge in [0, 0.05) is 31.3 Å². The first kappa shape index (κ1) is 20.3. The number of hydrogen-bond acceptors (Lipinski definition) is 3. The molecule has 0 saturated heterocycles. The van der Waals surface area contributed by atoms with Crippen LogP contribution in [0.25, 0.3) is 0 Å². The molecule has 0 aliphatic heterocycles. The zero-order chi connectivity index (χ0) is 19.5. The van der Waals surface area contributed by atoms with Crippen LogP contribution in [0.3, 0.4) is 0 Å². The van der Waals surface area contributed by atoms with E-state index < -0.39 is 0 Å². The molecule has 0 heterocycles. The highest BCUT2D eigenvalue weighted by molar-refractivity contribution is 5.88. The van der Waals surface area contributed by atoms with E-state index in [0.29, 0.717) is 6.54 Å². The Morgan fingerprint density at radius 1 is 1.07 bits per heavy atom. The van der Waals surface area contributed by atoms with Crippen LogP contribution < -0.4 is 20.7 Å². The van der Waals surface area contributed by atoms with Gasteiger partial charge in [0.15, 0.2) is 5.96 Å². The summed E-state index contributed by atoms with van der Waals surface area (Å²) in [6.07, 6.45) is 0.861. The Balaban J connectivity index is 1.89. The number of guanidine groups is 1. The van der Waals surface area contributed by atoms with Gasteiger partial charge in [0.2, 0.25) is 5.91 Å². The zero-order valence-corrected chi connectivity index (χ0v) is 16.2. The first-order valence-corrected chi connectivity index (χ1v) is 9.13. The fourth-order valence-electron chi connectivity index (χ4n) is 2.62. The van der Waals surface area contributed by atoms with Gasteiger partial charge >= 0.3 is 0 Å². The van der Waals surface area contributed by atoms with Crippen molar-refractivity contribution in [2.24, 2.45) is 4.99 Å². The number of nitrogens with zero attached hydrogens (tertiary/aromatic N) is 1. The fraction of sp³-hybridized carbons (Fsp3) is 0.333. The van der Waals surface area contributed by atoms with Crippen LogP contribution in [0.2, 0.25) is 0 Å². The summed E-state index contributed by atoms with van der Waals surface area (Å²) in [6, 6.07) is 15.8. The van der Waals surface area contributed by atoms with E-state index >= 15 is 0 Å². The Morgan fingerprint density at radius 3 is 2.48 bits per heavy atom. The van der Waals surface area contributed by atoms with Gasteiger partial charge in [-0.2, -0.15) is 0 Å². The molecule has 0 aliphatic rings. The topological polar surface area (TPSA) is 74.8 Å². The van der Waals surface area contributed by atoms with Gasteiger partial charge in [-0.15, -0.1) is 0 Å². The minimum Gasteiger partial charge on any atom is -0.496 e. The number of aliphatic imine (C=N–C) groups is 1. The second-order valence-electron chi connectivity index (χ2n) is 6.06. The van der Waals surface area contributed by atoms with Crippen molar-refractivity contribution >= 4 is 17.6 Å². The molecule has 2 aromatic rings. The molecule has 27 heavy (non-hydrogen) atoms. The number of rotatable bonds is 8. The first-order valence-electron chi connectivity index (χ1n) is 9.13. The van der Waals surface area contributed by atoms with E-state index in [1.807, 2.05) is 55.5 Å². The van der Waals surface area contributed by atoms with Crippen LogP contribution in [0.4, 0.5) is 5.69 Å². The summed E-state index contributed by atoms with van der Waals surface area (Å²) in [7, 11) is 1.67. The SMILES string of the molecule is CCNC(=NCc1ccccc1OC)NCCc1ccc(NC(C)=O)cc1. The van der Waals surface area contributed by atoms with E-state index in [1.54, 1.807) is 7.11 Å². The summed E-state index contributed by atoms with van der Waals surface area (Å²) >= 11 is 0. The Labute approximate surface area is 161 Å².